The van der Waals surface area contributed by atoms with Crippen molar-refractivity contribution in [2.75, 3.05) is 7.05 Å². The molecule has 1 fully saturated rings. The van der Waals surface area contributed by atoms with E-state index in [-0.39, 0.29) is 11.6 Å². The molecule has 0 saturated carbocycles. The number of likely N-dealkylation sites (N-methyl/N-ethyl adjacent to an activating group) is 1. The summed E-state index contributed by atoms with van der Waals surface area (Å²) in [6, 6.07) is 17.1. The van der Waals surface area contributed by atoms with Crippen molar-refractivity contribution in [2.24, 2.45) is 0 Å². The molecular weight excluding hydrogens is 340 g/mol. The molecule has 27 heavy (non-hydrogen) atoms. The summed E-state index contributed by atoms with van der Waals surface area (Å²) in [6.07, 6.45) is 3.63. The fourth-order valence-corrected chi connectivity index (χ4v) is 3.25. The Morgan fingerprint density at radius 2 is 1.85 bits per heavy atom. The molecule has 3 amide bonds. The highest BCUT2D eigenvalue weighted by Gasteiger charge is 2.30. The van der Waals surface area contributed by atoms with Gasteiger partial charge in [0.15, 0.2) is 0 Å². The number of hydrogen-bond donors (Lipinski definition) is 1. The number of nitrogens with zero attached hydrogens (tertiary/aromatic N) is 3. The summed E-state index contributed by atoms with van der Waals surface area (Å²) < 4.78 is 2.04. The van der Waals surface area contributed by atoms with Crippen molar-refractivity contribution in [1.29, 1.82) is 5.26 Å². The first kappa shape index (κ1) is 16.6. The first-order valence-electron chi connectivity index (χ1n) is 8.45. The Morgan fingerprint density at radius 1 is 1.11 bits per heavy atom. The van der Waals surface area contributed by atoms with Gasteiger partial charge in [0.1, 0.15) is 5.70 Å². The molecule has 0 unspecified atom stereocenters. The Bertz CT molecular complexity index is 1150. The van der Waals surface area contributed by atoms with Crippen LogP contribution in [0.15, 0.2) is 60.4 Å². The van der Waals surface area contributed by atoms with E-state index in [1.54, 1.807) is 12.1 Å². The molecule has 3 aromatic rings. The largest absolute Gasteiger partial charge is 0.342 e. The van der Waals surface area contributed by atoms with Gasteiger partial charge < -0.3 is 9.88 Å². The Labute approximate surface area is 155 Å². The van der Waals surface area contributed by atoms with Crippen LogP contribution >= 0.6 is 0 Å². The van der Waals surface area contributed by atoms with Gasteiger partial charge in [0.2, 0.25) is 0 Å². The number of para-hydroxylation sites is 1. The van der Waals surface area contributed by atoms with E-state index in [9.17, 15) is 14.9 Å². The standard InChI is InChI=1S/C21H16N4O2/c1-24-20(26)18(23-21(24)27)10-16-13-25(19-9-5-4-8-17(16)19)12-15-7-3-2-6-14(15)11-22/h2-10,13H,12H2,1H3,(H,23,27)/b18-10+. The van der Waals surface area contributed by atoms with Gasteiger partial charge >= 0.3 is 6.03 Å². The van der Waals surface area contributed by atoms with Gasteiger partial charge in [-0.2, -0.15) is 5.26 Å². The summed E-state index contributed by atoms with van der Waals surface area (Å²) in [7, 11) is 1.45. The zero-order chi connectivity index (χ0) is 19.0. The van der Waals surface area contributed by atoms with Gasteiger partial charge in [-0.25, -0.2) is 4.79 Å². The average molecular weight is 356 g/mol. The van der Waals surface area contributed by atoms with E-state index in [0.29, 0.717) is 12.1 Å². The molecule has 4 rings (SSSR count). The third-order valence-electron chi connectivity index (χ3n) is 4.68. The topological polar surface area (TPSA) is 78.1 Å². The number of fused-ring (bicyclic) bond motifs is 1. The lowest BCUT2D eigenvalue weighted by Crippen LogP contribution is -2.25. The predicted octanol–water partition coefficient (Wildman–Crippen LogP) is 3.08. The summed E-state index contributed by atoms with van der Waals surface area (Å²) in [6.45, 7) is 0.535. The molecular formula is C21H16N4O2. The minimum atomic E-state index is -0.432. The maximum Gasteiger partial charge on any atom is 0.328 e. The third-order valence-corrected chi connectivity index (χ3v) is 4.68. The van der Waals surface area contributed by atoms with Gasteiger partial charge in [-0.1, -0.05) is 36.4 Å². The van der Waals surface area contributed by atoms with Gasteiger partial charge in [-0.15, -0.1) is 0 Å². The van der Waals surface area contributed by atoms with Crippen LogP contribution < -0.4 is 5.32 Å². The van der Waals surface area contributed by atoms with Gasteiger partial charge in [0.25, 0.3) is 5.91 Å². The van der Waals surface area contributed by atoms with Crippen molar-refractivity contribution >= 4 is 28.9 Å². The molecule has 0 aliphatic carbocycles. The number of nitriles is 1. The van der Waals surface area contributed by atoms with E-state index < -0.39 is 6.03 Å². The number of aromatic nitrogens is 1. The monoisotopic (exact) mass is 356 g/mol. The summed E-state index contributed by atoms with van der Waals surface area (Å²) in [4.78, 5) is 24.9. The minimum Gasteiger partial charge on any atom is -0.342 e. The first-order chi connectivity index (χ1) is 13.1. The number of carbonyl (C=O) groups excluding carboxylic acids is 2. The van der Waals surface area contributed by atoms with Gasteiger partial charge in [0.05, 0.1) is 11.6 Å². The zero-order valence-electron chi connectivity index (χ0n) is 14.6. The molecule has 1 saturated heterocycles. The fraction of sp³-hybridized carbons (Fsp3) is 0.0952. The minimum absolute atomic E-state index is 0.253. The average Bonchev–Trinajstić information content (AvgIpc) is 3.15. The predicted molar refractivity (Wildman–Crippen MR) is 101 cm³/mol. The third kappa shape index (κ3) is 2.85. The van der Waals surface area contributed by atoms with Crippen molar-refractivity contribution in [2.45, 2.75) is 6.54 Å². The maximum atomic E-state index is 12.2. The molecule has 2 heterocycles. The number of carbonyl (C=O) groups is 2. The molecule has 1 aliphatic heterocycles. The molecule has 0 bridgehead atoms. The molecule has 2 aromatic carbocycles. The van der Waals surface area contributed by atoms with E-state index in [2.05, 4.69) is 11.4 Å². The number of hydrogen-bond acceptors (Lipinski definition) is 3. The molecule has 0 radical (unpaired) electrons. The quantitative estimate of drug-likeness (QED) is 0.579. The second-order valence-electron chi connectivity index (χ2n) is 6.35. The molecule has 1 aromatic heterocycles. The van der Waals surface area contributed by atoms with Gasteiger partial charge in [-0.05, 0) is 23.8 Å². The molecule has 6 heteroatoms. The molecule has 1 aliphatic rings. The Balaban J connectivity index is 1.80. The SMILES string of the molecule is CN1C(=O)N/C(=C/c2cn(Cc3ccccc3C#N)c3ccccc23)C1=O. The summed E-state index contributed by atoms with van der Waals surface area (Å²) in [5, 5.41) is 12.9. The molecule has 1 N–H and O–H groups in total. The number of rotatable bonds is 3. The van der Waals surface area contributed by atoms with Crippen LogP contribution in [0.4, 0.5) is 4.79 Å². The Hall–Kier alpha value is -3.85. The van der Waals surface area contributed by atoms with Crippen LogP contribution in [0.1, 0.15) is 16.7 Å². The van der Waals surface area contributed by atoms with Crippen LogP contribution in [-0.4, -0.2) is 28.5 Å². The number of benzene rings is 2. The van der Waals surface area contributed by atoms with Crippen LogP contribution in [0.25, 0.3) is 17.0 Å². The molecule has 0 atom stereocenters. The van der Waals surface area contributed by atoms with E-state index in [1.807, 2.05) is 53.2 Å². The zero-order valence-corrected chi connectivity index (χ0v) is 14.6. The van der Waals surface area contributed by atoms with Crippen molar-refractivity contribution in [3.63, 3.8) is 0 Å². The first-order valence-corrected chi connectivity index (χ1v) is 8.45. The number of urea groups is 1. The van der Waals surface area contributed by atoms with Crippen LogP contribution in [0, 0.1) is 11.3 Å². The van der Waals surface area contributed by atoms with Crippen molar-refractivity contribution in [1.82, 2.24) is 14.8 Å². The maximum absolute atomic E-state index is 12.2. The second kappa shape index (κ2) is 6.46. The molecule has 132 valence electrons. The van der Waals surface area contributed by atoms with E-state index in [4.69, 9.17) is 0 Å². The molecule has 0 spiro atoms. The number of imide groups is 1. The van der Waals surface area contributed by atoms with E-state index >= 15 is 0 Å². The lowest BCUT2D eigenvalue weighted by molar-refractivity contribution is -0.121. The highest BCUT2D eigenvalue weighted by atomic mass is 16.2. The summed E-state index contributed by atoms with van der Waals surface area (Å²) in [5.74, 6) is -0.355. The van der Waals surface area contributed by atoms with E-state index in [0.717, 1.165) is 26.9 Å². The van der Waals surface area contributed by atoms with Gasteiger partial charge in [-0.3, -0.25) is 9.69 Å². The molecule has 6 nitrogen and oxygen atoms in total. The number of amides is 3. The summed E-state index contributed by atoms with van der Waals surface area (Å²) >= 11 is 0. The fourth-order valence-electron chi connectivity index (χ4n) is 3.25. The van der Waals surface area contributed by atoms with E-state index in [1.165, 1.54) is 7.05 Å². The van der Waals surface area contributed by atoms with Crippen LogP contribution in [0.2, 0.25) is 0 Å². The normalized spacial score (nSPS) is 15.4. The van der Waals surface area contributed by atoms with Crippen molar-refractivity contribution in [3.8, 4) is 6.07 Å². The van der Waals surface area contributed by atoms with Crippen molar-refractivity contribution in [3.05, 3.63) is 77.1 Å². The lowest BCUT2D eigenvalue weighted by atomic mass is 10.1. The number of nitrogens with one attached hydrogen (secondary N) is 1. The van der Waals surface area contributed by atoms with Crippen LogP contribution in [0.5, 0.6) is 0 Å². The van der Waals surface area contributed by atoms with Crippen LogP contribution in [0.3, 0.4) is 0 Å². The van der Waals surface area contributed by atoms with Crippen LogP contribution in [-0.2, 0) is 11.3 Å². The highest BCUT2D eigenvalue weighted by molar-refractivity contribution is 6.14. The Morgan fingerprint density at radius 3 is 2.59 bits per heavy atom. The Kier molecular flexibility index (Phi) is 3.98. The second-order valence-corrected chi connectivity index (χ2v) is 6.35. The lowest BCUT2D eigenvalue weighted by Gasteiger charge is -2.07. The van der Waals surface area contributed by atoms with Crippen molar-refractivity contribution < 1.29 is 9.59 Å². The summed E-state index contributed by atoms with van der Waals surface area (Å²) in [5.41, 5.74) is 3.63. The van der Waals surface area contributed by atoms with Gasteiger partial charge in [0, 0.05) is 36.3 Å². The smallest absolute Gasteiger partial charge is 0.328 e. The highest BCUT2D eigenvalue weighted by Crippen LogP contribution is 2.25.